The first-order chi connectivity index (χ1) is 16.1. The first-order valence-corrected chi connectivity index (χ1v) is 11.3. The zero-order valence-corrected chi connectivity index (χ0v) is 20.5. The SMILES string of the molecule is CCOC(=O)c1ccc(OCC(=O)NNC(=O)C(C)(C)CCCOc2cc(C)ccc2C)cc1. The summed E-state index contributed by atoms with van der Waals surface area (Å²) < 4.78 is 16.2. The van der Waals surface area contributed by atoms with Crippen molar-refractivity contribution in [3.63, 3.8) is 0 Å². The summed E-state index contributed by atoms with van der Waals surface area (Å²) in [6.07, 6.45) is 1.27. The van der Waals surface area contributed by atoms with Crippen molar-refractivity contribution in [3.05, 3.63) is 59.2 Å². The highest BCUT2D eigenvalue weighted by Crippen LogP contribution is 2.24. The Bertz CT molecular complexity index is 985. The Morgan fingerprint density at radius 1 is 0.941 bits per heavy atom. The summed E-state index contributed by atoms with van der Waals surface area (Å²) in [6.45, 7) is 9.87. The quantitative estimate of drug-likeness (QED) is 0.293. The molecule has 0 bridgehead atoms. The molecule has 2 aromatic carbocycles. The molecule has 2 rings (SSSR count). The summed E-state index contributed by atoms with van der Waals surface area (Å²) in [4.78, 5) is 36.2. The van der Waals surface area contributed by atoms with Crippen LogP contribution < -0.4 is 20.3 Å². The molecule has 0 saturated heterocycles. The van der Waals surface area contributed by atoms with E-state index in [1.54, 1.807) is 31.2 Å². The molecule has 184 valence electrons. The second-order valence-electron chi connectivity index (χ2n) is 8.64. The van der Waals surface area contributed by atoms with Crippen molar-refractivity contribution in [2.45, 2.75) is 47.5 Å². The van der Waals surface area contributed by atoms with E-state index in [0.717, 1.165) is 16.9 Å². The van der Waals surface area contributed by atoms with Crippen molar-refractivity contribution in [1.82, 2.24) is 10.9 Å². The molecular weight excluding hydrogens is 436 g/mol. The summed E-state index contributed by atoms with van der Waals surface area (Å²) in [7, 11) is 0. The van der Waals surface area contributed by atoms with Crippen LogP contribution in [-0.2, 0) is 14.3 Å². The smallest absolute Gasteiger partial charge is 0.338 e. The molecule has 2 aromatic rings. The van der Waals surface area contributed by atoms with E-state index in [4.69, 9.17) is 14.2 Å². The Hall–Kier alpha value is -3.55. The largest absolute Gasteiger partial charge is 0.493 e. The van der Waals surface area contributed by atoms with Crippen molar-refractivity contribution in [2.75, 3.05) is 19.8 Å². The standard InChI is InChI=1S/C26H34N2O6/c1-6-32-24(30)20-10-12-21(13-11-20)34-17-23(29)27-28-25(31)26(4,5)14-7-15-33-22-16-18(2)8-9-19(22)3/h8-13,16H,6-7,14-15,17H2,1-5H3,(H,27,29)(H,28,31). The monoisotopic (exact) mass is 470 g/mol. The van der Waals surface area contributed by atoms with Gasteiger partial charge in [-0.25, -0.2) is 4.79 Å². The molecule has 0 unspecified atom stereocenters. The number of ether oxygens (including phenoxy) is 3. The van der Waals surface area contributed by atoms with Crippen molar-refractivity contribution >= 4 is 17.8 Å². The van der Waals surface area contributed by atoms with Crippen molar-refractivity contribution in [3.8, 4) is 11.5 Å². The molecular formula is C26H34N2O6. The maximum Gasteiger partial charge on any atom is 0.338 e. The predicted molar refractivity (Wildman–Crippen MR) is 129 cm³/mol. The number of amides is 2. The van der Waals surface area contributed by atoms with Gasteiger partial charge in [0.25, 0.3) is 5.91 Å². The summed E-state index contributed by atoms with van der Waals surface area (Å²) in [5.41, 5.74) is 6.73. The lowest BCUT2D eigenvalue weighted by Gasteiger charge is -2.23. The van der Waals surface area contributed by atoms with Gasteiger partial charge in [-0.15, -0.1) is 0 Å². The number of hydrogen-bond donors (Lipinski definition) is 2. The van der Waals surface area contributed by atoms with Crippen LogP contribution in [0.2, 0.25) is 0 Å². The fourth-order valence-electron chi connectivity index (χ4n) is 3.05. The van der Waals surface area contributed by atoms with Crippen molar-refractivity contribution < 1.29 is 28.6 Å². The number of rotatable bonds is 11. The molecule has 0 fully saturated rings. The van der Waals surface area contributed by atoms with Gasteiger partial charge in [-0.05, 0) is 75.1 Å². The van der Waals surface area contributed by atoms with E-state index >= 15 is 0 Å². The van der Waals surface area contributed by atoms with Crippen LogP contribution in [0.1, 0.15) is 55.1 Å². The Morgan fingerprint density at radius 2 is 1.65 bits per heavy atom. The minimum absolute atomic E-state index is 0.289. The van der Waals surface area contributed by atoms with Crippen molar-refractivity contribution in [2.24, 2.45) is 5.41 Å². The van der Waals surface area contributed by atoms with Gasteiger partial charge in [0.1, 0.15) is 11.5 Å². The van der Waals surface area contributed by atoms with Gasteiger partial charge in [0.05, 0.1) is 18.8 Å². The van der Waals surface area contributed by atoms with E-state index in [1.165, 1.54) is 0 Å². The van der Waals surface area contributed by atoms with E-state index in [0.29, 0.717) is 37.4 Å². The van der Waals surface area contributed by atoms with E-state index in [2.05, 4.69) is 10.9 Å². The van der Waals surface area contributed by atoms with E-state index < -0.39 is 17.3 Å². The maximum absolute atomic E-state index is 12.5. The first-order valence-electron chi connectivity index (χ1n) is 11.3. The highest BCUT2D eigenvalue weighted by atomic mass is 16.5. The number of hydrogen-bond acceptors (Lipinski definition) is 6. The number of hydrazine groups is 1. The van der Waals surface area contributed by atoms with Crippen LogP contribution in [0.3, 0.4) is 0 Å². The van der Waals surface area contributed by atoms with E-state index in [-0.39, 0.29) is 12.5 Å². The second-order valence-corrected chi connectivity index (χ2v) is 8.64. The fraction of sp³-hybridized carbons (Fsp3) is 0.423. The van der Waals surface area contributed by atoms with Crippen LogP contribution in [-0.4, -0.2) is 37.6 Å². The highest BCUT2D eigenvalue weighted by Gasteiger charge is 2.27. The topological polar surface area (TPSA) is 103 Å². The molecule has 2 amide bonds. The predicted octanol–water partition coefficient (Wildman–Crippen LogP) is 3.89. The highest BCUT2D eigenvalue weighted by molar-refractivity contribution is 5.89. The number of nitrogens with one attached hydrogen (secondary N) is 2. The number of carbonyl (C=O) groups is 3. The normalized spacial score (nSPS) is 10.9. The lowest BCUT2D eigenvalue weighted by Crippen LogP contribution is -2.48. The second kappa shape index (κ2) is 12.6. The number of benzene rings is 2. The third-order valence-electron chi connectivity index (χ3n) is 5.21. The first kappa shape index (κ1) is 26.7. The molecule has 0 aliphatic rings. The van der Waals surface area contributed by atoms with Gasteiger partial charge < -0.3 is 14.2 Å². The molecule has 0 spiro atoms. The molecule has 8 nitrogen and oxygen atoms in total. The molecule has 0 aliphatic carbocycles. The Balaban J connectivity index is 1.70. The average Bonchev–Trinajstić information content (AvgIpc) is 2.81. The van der Waals surface area contributed by atoms with Crippen LogP contribution in [0.5, 0.6) is 11.5 Å². The molecule has 34 heavy (non-hydrogen) atoms. The molecule has 0 heterocycles. The third kappa shape index (κ3) is 8.42. The molecule has 0 atom stereocenters. The van der Waals surface area contributed by atoms with Gasteiger partial charge in [-0.2, -0.15) is 0 Å². The Morgan fingerprint density at radius 3 is 2.32 bits per heavy atom. The Kier molecular flexibility index (Phi) is 9.92. The van der Waals surface area contributed by atoms with Crippen molar-refractivity contribution in [1.29, 1.82) is 0 Å². The van der Waals surface area contributed by atoms with Gasteiger partial charge in [-0.3, -0.25) is 20.4 Å². The number of esters is 1. The van der Waals surface area contributed by atoms with Gasteiger partial charge >= 0.3 is 5.97 Å². The molecule has 8 heteroatoms. The van der Waals surface area contributed by atoms with Gasteiger partial charge in [0, 0.05) is 5.41 Å². The molecule has 0 aliphatic heterocycles. The zero-order valence-electron chi connectivity index (χ0n) is 20.5. The van der Waals surface area contributed by atoms with Crippen LogP contribution in [0.4, 0.5) is 0 Å². The minimum Gasteiger partial charge on any atom is -0.493 e. The lowest BCUT2D eigenvalue weighted by atomic mass is 9.87. The molecule has 0 saturated carbocycles. The maximum atomic E-state index is 12.5. The molecule has 0 aromatic heterocycles. The molecule has 0 radical (unpaired) electrons. The van der Waals surface area contributed by atoms with Gasteiger partial charge in [0.15, 0.2) is 6.61 Å². The summed E-state index contributed by atoms with van der Waals surface area (Å²) in [6, 6.07) is 12.3. The number of aryl methyl sites for hydroxylation is 2. The summed E-state index contributed by atoms with van der Waals surface area (Å²) >= 11 is 0. The summed E-state index contributed by atoms with van der Waals surface area (Å²) in [5.74, 6) is 0.0426. The van der Waals surface area contributed by atoms with Crippen LogP contribution in [0.25, 0.3) is 0 Å². The molecule has 2 N–H and O–H groups in total. The minimum atomic E-state index is -0.692. The third-order valence-corrected chi connectivity index (χ3v) is 5.21. The fourth-order valence-corrected chi connectivity index (χ4v) is 3.05. The van der Waals surface area contributed by atoms with E-state index in [9.17, 15) is 14.4 Å². The van der Waals surface area contributed by atoms with Crippen LogP contribution in [0.15, 0.2) is 42.5 Å². The van der Waals surface area contributed by atoms with Gasteiger partial charge in [-0.1, -0.05) is 26.0 Å². The van der Waals surface area contributed by atoms with E-state index in [1.807, 2.05) is 45.9 Å². The van der Waals surface area contributed by atoms with Crippen LogP contribution >= 0.6 is 0 Å². The number of carbonyl (C=O) groups excluding carboxylic acids is 3. The summed E-state index contributed by atoms with van der Waals surface area (Å²) in [5, 5.41) is 0. The Labute approximate surface area is 200 Å². The van der Waals surface area contributed by atoms with Gasteiger partial charge in [0.2, 0.25) is 5.91 Å². The zero-order chi connectivity index (χ0) is 25.1. The lowest BCUT2D eigenvalue weighted by molar-refractivity contribution is -0.135. The average molecular weight is 471 g/mol. The van der Waals surface area contributed by atoms with Crippen LogP contribution in [0, 0.1) is 19.3 Å².